The summed E-state index contributed by atoms with van der Waals surface area (Å²) in [6, 6.07) is 0. The van der Waals surface area contributed by atoms with Crippen LogP contribution in [0.4, 0.5) is 0 Å². The highest BCUT2D eigenvalue weighted by molar-refractivity contribution is 5.88. The summed E-state index contributed by atoms with van der Waals surface area (Å²) in [6.07, 6.45) is 3.66. The lowest BCUT2D eigenvalue weighted by atomic mass is 9.82. The molecule has 0 saturated carbocycles. The summed E-state index contributed by atoms with van der Waals surface area (Å²) < 4.78 is 4.95. The molecule has 0 aromatic heterocycles. The van der Waals surface area contributed by atoms with E-state index < -0.39 is 0 Å². The van der Waals surface area contributed by atoms with Crippen molar-refractivity contribution in [1.82, 2.24) is 4.90 Å². The predicted molar refractivity (Wildman–Crippen MR) is 69.8 cm³/mol. The van der Waals surface area contributed by atoms with Gasteiger partial charge in [0.1, 0.15) is 0 Å². The van der Waals surface area contributed by atoms with E-state index in [9.17, 15) is 4.79 Å². The molecule has 0 spiro atoms. The van der Waals surface area contributed by atoms with Crippen molar-refractivity contribution >= 4 is 5.97 Å². The largest absolute Gasteiger partial charge is 0.463 e. The van der Waals surface area contributed by atoms with Gasteiger partial charge in [0.15, 0.2) is 0 Å². The van der Waals surface area contributed by atoms with Gasteiger partial charge in [0, 0.05) is 18.7 Å². The molecule has 0 aliphatic carbocycles. The fourth-order valence-electron chi connectivity index (χ4n) is 2.56. The number of esters is 1. The van der Waals surface area contributed by atoms with Crippen LogP contribution in [0.1, 0.15) is 40.0 Å². The Morgan fingerprint density at radius 3 is 2.47 bits per heavy atom. The molecular weight excluding hydrogens is 214 g/mol. The third-order valence-corrected chi connectivity index (χ3v) is 4.00. The molecule has 1 aliphatic rings. The quantitative estimate of drug-likeness (QED) is 0.527. The van der Waals surface area contributed by atoms with Crippen LogP contribution in [0.15, 0.2) is 12.2 Å². The van der Waals surface area contributed by atoms with Crippen molar-refractivity contribution in [3.05, 3.63) is 12.2 Å². The van der Waals surface area contributed by atoms with Gasteiger partial charge in [0.2, 0.25) is 0 Å². The molecular formula is C14H25NO2. The molecule has 0 aromatic rings. The average molecular weight is 239 g/mol. The topological polar surface area (TPSA) is 29.5 Å². The number of rotatable bonds is 6. The number of hydrogen-bond acceptors (Lipinski definition) is 3. The molecule has 0 amide bonds. The predicted octanol–water partition coefficient (Wildman–Crippen LogP) is 2.62. The molecule has 0 aromatic carbocycles. The summed E-state index contributed by atoms with van der Waals surface area (Å²) in [5, 5.41) is 0. The second-order valence-corrected chi connectivity index (χ2v) is 4.99. The summed E-state index contributed by atoms with van der Waals surface area (Å²) in [5.74, 6) is -0.252. The molecule has 0 radical (unpaired) electrons. The van der Waals surface area contributed by atoms with Gasteiger partial charge >= 0.3 is 5.97 Å². The minimum Gasteiger partial charge on any atom is -0.463 e. The number of carbonyl (C=O) groups is 1. The molecule has 3 heteroatoms. The molecule has 0 unspecified atom stereocenters. The van der Waals surface area contributed by atoms with Crippen LogP contribution in [-0.4, -0.2) is 37.1 Å². The first-order chi connectivity index (χ1) is 8.06. The lowest BCUT2D eigenvalue weighted by Gasteiger charge is -2.26. The molecule has 1 heterocycles. The molecule has 98 valence electrons. The van der Waals surface area contributed by atoms with Gasteiger partial charge in [-0.3, -0.25) is 4.90 Å². The Bertz CT molecular complexity index is 282. The van der Waals surface area contributed by atoms with E-state index in [2.05, 4.69) is 25.3 Å². The van der Waals surface area contributed by atoms with Gasteiger partial charge in [-0.2, -0.15) is 0 Å². The number of carbonyl (C=O) groups excluding carboxylic acids is 1. The van der Waals surface area contributed by atoms with Crippen molar-refractivity contribution in [1.29, 1.82) is 0 Å². The van der Waals surface area contributed by atoms with Gasteiger partial charge in [0.05, 0.1) is 6.61 Å². The smallest absolute Gasteiger partial charge is 0.334 e. The van der Waals surface area contributed by atoms with Crippen LogP contribution in [0.3, 0.4) is 0 Å². The summed E-state index contributed by atoms with van der Waals surface area (Å²) in [4.78, 5) is 13.8. The summed E-state index contributed by atoms with van der Waals surface area (Å²) in [5.41, 5.74) is 1.03. The highest BCUT2D eigenvalue weighted by Crippen LogP contribution is 2.36. The summed E-state index contributed by atoms with van der Waals surface area (Å²) in [6.45, 7) is 13.4. The maximum absolute atomic E-state index is 11.5. The van der Waals surface area contributed by atoms with Gasteiger partial charge in [-0.15, -0.1) is 0 Å². The summed E-state index contributed by atoms with van der Waals surface area (Å²) in [7, 11) is 0. The lowest BCUT2D eigenvalue weighted by Crippen LogP contribution is -2.29. The second-order valence-electron chi connectivity index (χ2n) is 4.99. The minimum atomic E-state index is -0.252. The third-order valence-electron chi connectivity index (χ3n) is 4.00. The van der Waals surface area contributed by atoms with Gasteiger partial charge in [0.25, 0.3) is 0 Å². The van der Waals surface area contributed by atoms with Gasteiger partial charge in [-0.1, -0.05) is 20.4 Å². The Hall–Kier alpha value is -0.830. The van der Waals surface area contributed by atoms with E-state index >= 15 is 0 Å². The molecule has 3 nitrogen and oxygen atoms in total. The highest BCUT2D eigenvalue weighted by Gasteiger charge is 2.35. The highest BCUT2D eigenvalue weighted by atomic mass is 16.5. The molecule has 1 rings (SSSR count). The van der Waals surface area contributed by atoms with E-state index in [-0.39, 0.29) is 5.97 Å². The lowest BCUT2D eigenvalue weighted by molar-refractivity contribution is -0.138. The van der Waals surface area contributed by atoms with E-state index in [0.717, 1.165) is 13.1 Å². The van der Waals surface area contributed by atoms with Crippen molar-refractivity contribution in [2.75, 3.05) is 26.2 Å². The van der Waals surface area contributed by atoms with Crippen LogP contribution in [0.2, 0.25) is 0 Å². The molecule has 17 heavy (non-hydrogen) atoms. The van der Waals surface area contributed by atoms with Gasteiger partial charge in [-0.25, -0.2) is 4.79 Å². The summed E-state index contributed by atoms with van der Waals surface area (Å²) >= 11 is 0. The molecule has 0 N–H and O–H groups in total. The van der Waals surface area contributed by atoms with E-state index in [1.54, 1.807) is 0 Å². The first-order valence-corrected chi connectivity index (χ1v) is 6.64. The minimum absolute atomic E-state index is 0.252. The average Bonchev–Trinajstić information content (AvgIpc) is 2.73. The normalized spacial score (nSPS) is 19.2. The Labute approximate surface area is 105 Å². The first-order valence-electron chi connectivity index (χ1n) is 6.64. The molecule has 0 bridgehead atoms. The first kappa shape index (κ1) is 14.2. The zero-order valence-corrected chi connectivity index (χ0v) is 11.4. The fraction of sp³-hybridized carbons (Fsp3) is 0.786. The molecule has 1 saturated heterocycles. The van der Waals surface area contributed by atoms with E-state index in [4.69, 9.17) is 4.74 Å². The van der Waals surface area contributed by atoms with Crippen LogP contribution < -0.4 is 0 Å². The van der Waals surface area contributed by atoms with Crippen molar-refractivity contribution in [3.63, 3.8) is 0 Å². The van der Waals surface area contributed by atoms with Crippen LogP contribution in [0.25, 0.3) is 0 Å². The monoisotopic (exact) mass is 239 g/mol. The standard InChI is InChI=1S/C14H25NO2/c1-5-14(6-2)8-9-15(11-14)10-12(4)13(16)17-7-3/h4-11H2,1-3H3. The number of nitrogens with zero attached hydrogens (tertiary/aromatic N) is 1. The number of hydrogen-bond donors (Lipinski definition) is 0. The maximum Gasteiger partial charge on any atom is 0.334 e. The molecule has 0 atom stereocenters. The second kappa shape index (κ2) is 6.20. The maximum atomic E-state index is 11.5. The van der Waals surface area contributed by atoms with Crippen molar-refractivity contribution in [2.45, 2.75) is 40.0 Å². The van der Waals surface area contributed by atoms with E-state index in [1.165, 1.54) is 19.3 Å². The van der Waals surface area contributed by atoms with Crippen molar-refractivity contribution in [3.8, 4) is 0 Å². The van der Waals surface area contributed by atoms with E-state index in [1.807, 2.05) is 6.92 Å². The molecule has 1 fully saturated rings. The van der Waals surface area contributed by atoms with Gasteiger partial charge < -0.3 is 4.74 Å². The van der Waals surface area contributed by atoms with Crippen molar-refractivity contribution < 1.29 is 9.53 Å². The third kappa shape index (κ3) is 3.56. The molecule has 1 aliphatic heterocycles. The SMILES string of the molecule is C=C(CN1CCC(CC)(CC)C1)C(=O)OCC. The Balaban J connectivity index is 2.45. The number of likely N-dealkylation sites (tertiary alicyclic amines) is 1. The fourth-order valence-corrected chi connectivity index (χ4v) is 2.56. The van der Waals surface area contributed by atoms with E-state index in [0.29, 0.717) is 24.1 Å². The van der Waals surface area contributed by atoms with Gasteiger partial charge in [-0.05, 0) is 38.1 Å². The number of ether oxygens (including phenoxy) is 1. The van der Waals surface area contributed by atoms with Crippen LogP contribution in [-0.2, 0) is 9.53 Å². The van der Waals surface area contributed by atoms with Crippen molar-refractivity contribution in [2.24, 2.45) is 5.41 Å². The van der Waals surface area contributed by atoms with Crippen LogP contribution in [0, 0.1) is 5.41 Å². The van der Waals surface area contributed by atoms with Crippen LogP contribution >= 0.6 is 0 Å². The zero-order chi connectivity index (χ0) is 12.9. The van der Waals surface area contributed by atoms with Crippen LogP contribution in [0.5, 0.6) is 0 Å². The Kier molecular flexibility index (Phi) is 5.19. The Morgan fingerprint density at radius 2 is 2.00 bits per heavy atom. The Morgan fingerprint density at radius 1 is 1.35 bits per heavy atom. The zero-order valence-electron chi connectivity index (χ0n) is 11.4.